The number of carbonyl (C=O) groups excluding carboxylic acids is 1. The van der Waals surface area contributed by atoms with Gasteiger partial charge in [-0.1, -0.05) is 35.5 Å². The number of pyridine rings is 1. The molecule has 0 bridgehead atoms. The zero-order valence-corrected chi connectivity index (χ0v) is 16.0. The minimum atomic E-state index is -0.427. The summed E-state index contributed by atoms with van der Waals surface area (Å²) in [6, 6.07) is 15.9. The van der Waals surface area contributed by atoms with Crippen molar-refractivity contribution in [2.75, 3.05) is 11.4 Å². The first kappa shape index (κ1) is 18.0. The van der Waals surface area contributed by atoms with Gasteiger partial charge in [0, 0.05) is 29.9 Å². The lowest BCUT2D eigenvalue weighted by atomic mass is 10.0. The van der Waals surface area contributed by atoms with Gasteiger partial charge in [-0.2, -0.15) is 0 Å². The van der Waals surface area contributed by atoms with Crippen LogP contribution < -0.4 is 4.90 Å². The lowest BCUT2D eigenvalue weighted by molar-refractivity contribution is -0.384. The summed E-state index contributed by atoms with van der Waals surface area (Å²) < 4.78 is 5.37. The summed E-state index contributed by atoms with van der Waals surface area (Å²) in [5, 5.41) is 15.6. The van der Waals surface area contributed by atoms with E-state index >= 15 is 0 Å². The smallest absolute Gasteiger partial charge is 0.269 e. The average Bonchev–Trinajstić information content (AvgIpc) is 3.36. The van der Waals surface area contributed by atoms with Gasteiger partial charge in [-0.3, -0.25) is 14.9 Å². The molecule has 0 aliphatic carbocycles. The van der Waals surface area contributed by atoms with Crippen LogP contribution in [0.15, 0.2) is 59.1 Å². The maximum Gasteiger partial charge on any atom is 0.269 e. The lowest BCUT2D eigenvalue weighted by Gasteiger charge is -2.18. The van der Waals surface area contributed by atoms with Gasteiger partial charge in [-0.25, -0.2) is 4.98 Å². The van der Waals surface area contributed by atoms with Gasteiger partial charge < -0.3 is 9.42 Å². The number of anilines is 1. The standard InChI is InChI=1S/C22H16N4O4/c1-13-20-17(12-18(23-21(20)30-24-13)14-5-3-2-4-6-14)22(27)25-10-9-15-11-16(26(28)29)7-8-19(15)25/h2-8,11-12H,9-10H2,1H3. The molecule has 1 aliphatic heterocycles. The fourth-order valence-electron chi connectivity index (χ4n) is 3.88. The van der Waals surface area contributed by atoms with E-state index < -0.39 is 4.92 Å². The van der Waals surface area contributed by atoms with Crippen molar-refractivity contribution in [2.24, 2.45) is 0 Å². The zero-order chi connectivity index (χ0) is 20.8. The van der Waals surface area contributed by atoms with Crippen LogP contribution >= 0.6 is 0 Å². The molecule has 4 aromatic rings. The number of nitro benzene ring substituents is 1. The topological polar surface area (TPSA) is 102 Å². The number of hydrogen-bond acceptors (Lipinski definition) is 6. The molecule has 0 saturated heterocycles. The van der Waals surface area contributed by atoms with Gasteiger partial charge in [-0.15, -0.1) is 0 Å². The molecule has 0 saturated carbocycles. The SMILES string of the molecule is Cc1noc2nc(-c3ccccc3)cc(C(=O)N3CCc4cc([N+](=O)[O-])ccc43)c12. The molecule has 5 rings (SSSR count). The van der Waals surface area contributed by atoms with Crippen LogP contribution in [-0.2, 0) is 6.42 Å². The minimum Gasteiger partial charge on any atom is -0.335 e. The summed E-state index contributed by atoms with van der Waals surface area (Å²) >= 11 is 0. The van der Waals surface area contributed by atoms with Crippen molar-refractivity contribution in [3.8, 4) is 11.3 Å². The van der Waals surface area contributed by atoms with Crippen molar-refractivity contribution in [1.29, 1.82) is 0 Å². The van der Waals surface area contributed by atoms with E-state index in [4.69, 9.17) is 4.52 Å². The molecule has 8 heteroatoms. The van der Waals surface area contributed by atoms with Gasteiger partial charge in [-0.05, 0) is 31.0 Å². The Bertz CT molecular complexity index is 1310. The monoisotopic (exact) mass is 400 g/mol. The van der Waals surface area contributed by atoms with Crippen molar-refractivity contribution in [2.45, 2.75) is 13.3 Å². The predicted molar refractivity (Wildman–Crippen MR) is 110 cm³/mol. The number of aromatic nitrogens is 2. The predicted octanol–water partition coefficient (Wildman–Crippen LogP) is 4.31. The normalized spacial score (nSPS) is 12.9. The first-order chi connectivity index (χ1) is 14.5. The number of fused-ring (bicyclic) bond motifs is 2. The van der Waals surface area contributed by atoms with Crippen LogP contribution in [0.2, 0.25) is 0 Å². The molecule has 1 amide bonds. The van der Waals surface area contributed by atoms with Crippen LogP contribution in [-0.4, -0.2) is 27.5 Å². The molecule has 1 aliphatic rings. The van der Waals surface area contributed by atoms with E-state index in [-0.39, 0.29) is 11.6 Å². The molecule has 30 heavy (non-hydrogen) atoms. The molecule has 8 nitrogen and oxygen atoms in total. The van der Waals surface area contributed by atoms with E-state index in [0.29, 0.717) is 46.7 Å². The van der Waals surface area contributed by atoms with E-state index in [0.717, 1.165) is 11.1 Å². The number of amides is 1. The van der Waals surface area contributed by atoms with Gasteiger partial charge in [0.15, 0.2) is 0 Å². The largest absolute Gasteiger partial charge is 0.335 e. The van der Waals surface area contributed by atoms with E-state index in [1.165, 1.54) is 12.1 Å². The molecule has 0 N–H and O–H groups in total. The Morgan fingerprint density at radius 1 is 1.17 bits per heavy atom. The van der Waals surface area contributed by atoms with Gasteiger partial charge in [0.25, 0.3) is 17.3 Å². The van der Waals surface area contributed by atoms with Gasteiger partial charge in [0.2, 0.25) is 0 Å². The summed E-state index contributed by atoms with van der Waals surface area (Å²) in [5.41, 5.74) is 4.31. The fourth-order valence-corrected chi connectivity index (χ4v) is 3.88. The molecule has 2 aromatic carbocycles. The first-order valence-corrected chi connectivity index (χ1v) is 9.44. The van der Waals surface area contributed by atoms with Gasteiger partial charge in [0.1, 0.15) is 0 Å². The molecule has 0 atom stereocenters. The van der Waals surface area contributed by atoms with Crippen LogP contribution in [0.4, 0.5) is 11.4 Å². The molecule has 148 valence electrons. The maximum absolute atomic E-state index is 13.6. The summed E-state index contributed by atoms with van der Waals surface area (Å²) in [6.07, 6.45) is 0.561. The van der Waals surface area contributed by atoms with Crippen molar-refractivity contribution in [1.82, 2.24) is 10.1 Å². The summed E-state index contributed by atoms with van der Waals surface area (Å²) in [6.45, 7) is 2.22. The molecule has 0 fully saturated rings. The number of aryl methyl sites for hydroxylation is 1. The Hall–Kier alpha value is -4.07. The third-order valence-corrected chi connectivity index (χ3v) is 5.33. The molecule has 0 radical (unpaired) electrons. The number of nitro groups is 1. The Labute approximate surface area is 170 Å². The van der Waals surface area contributed by atoms with Crippen LogP contribution in [0.5, 0.6) is 0 Å². The number of hydrogen-bond donors (Lipinski definition) is 0. The quantitative estimate of drug-likeness (QED) is 0.375. The Balaban J connectivity index is 1.63. The number of non-ortho nitro benzene ring substituents is 1. The minimum absolute atomic E-state index is 0.0237. The Morgan fingerprint density at radius 2 is 1.97 bits per heavy atom. The molecule has 2 aromatic heterocycles. The molecule has 0 spiro atoms. The highest BCUT2D eigenvalue weighted by molar-refractivity contribution is 6.15. The third kappa shape index (κ3) is 2.81. The van der Waals surface area contributed by atoms with Crippen molar-refractivity contribution in [3.63, 3.8) is 0 Å². The number of carbonyl (C=O) groups is 1. The van der Waals surface area contributed by atoms with Gasteiger partial charge >= 0.3 is 0 Å². The Morgan fingerprint density at radius 3 is 2.73 bits per heavy atom. The average molecular weight is 400 g/mol. The van der Waals surface area contributed by atoms with Crippen LogP contribution in [0.3, 0.4) is 0 Å². The molecule has 0 unspecified atom stereocenters. The first-order valence-electron chi connectivity index (χ1n) is 9.44. The highest BCUT2D eigenvalue weighted by Crippen LogP contribution is 2.34. The second-order valence-corrected chi connectivity index (χ2v) is 7.15. The van der Waals surface area contributed by atoms with E-state index in [1.807, 2.05) is 30.3 Å². The Kier molecular flexibility index (Phi) is 4.06. The second kappa shape index (κ2) is 6.77. The van der Waals surface area contributed by atoms with Crippen molar-refractivity contribution >= 4 is 28.4 Å². The summed E-state index contributed by atoms with van der Waals surface area (Å²) in [7, 11) is 0. The van der Waals surface area contributed by atoms with Crippen molar-refractivity contribution in [3.05, 3.63) is 81.5 Å². The third-order valence-electron chi connectivity index (χ3n) is 5.33. The van der Waals surface area contributed by atoms with Crippen molar-refractivity contribution < 1.29 is 14.2 Å². The van der Waals surface area contributed by atoms with E-state index in [1.54, 1.807) is 24.0 Å². The van der Waals surface area contributed by atoms with Crippen LogP contribution in [0, 0.1) is 17.0 Å². The molecule has 3 heterocycles. The maximum atomic E-state index is 13.6. The summed E-state index contributed by atoms with van der Waals surface area (Å²) in [5.74, 6) is -0.210. The number of nitrogens with zero attached hydrogens (tertiary/aromatic N) is 4. The molecular formula is C22H16N4O4. The second-order valence-electron chi connectivity index (χ2n) is 7.15. The van der Waals surface area contributed by atoms with E-state index in [9.17, 15) is 14.9 Å². The highest BCUT2D eigenvalue weighted by Gasteiger charge is 2.30. The van der Waals surface area contributed by atoms with Gasteiger partial charge in [0.05, 0.1) is 27.3 Å². The molecular weight excluding hydrogens is 384 g/mol. The summed E-state index contributed by atoms with van der Waals surface area (Å²) in [4.78, 5) is 30.4. The number of benzene rings is 2. The lowest BCUT2D eigenvalue weighted by Crippen LogP contribution is -2.29. The number of rotatable bonds is 3. The van der Waals surface area contributed by atoms with E-state index in [2.05, 4.69) is 10.1 Å². The van der Waals surface area contributed by atoms with Crippen LogP contribution in [0.1, 0.15) is 21.6 Å². The highest BCUT2D eigenvalue weighted by atomic mass is 16.6. The fraction of sp³-hybridized carbons (Fsp3) is 0.136. The van der Waals surface area contributed by atoms with Crippen LogP contribution in [0.25, 0.3) is 22.4 Å². The zero-order valence-electron chi connectivity index (χ0n) is 16.0.